The molecule has 0 spiro atoms. The Balaban J connectivity index is 2.33. The van der Waals surface area contributed by atoms with E-state index in [1.165, 1.54) is 16.0 Å². The summed E-state index contributed by atoms with van der Waals surface area (Å²) >= 11 is 3.10. The molecule has 0 aliphatic carbocycles. The average Bonchev–Trinajstić information content (AvgIpc) is 2.62. The Morgan fingerprint density at radius 1 is 1.50 bits per heavy atom. The van der Waals surface area contributed by atoms with Crippen LogP contribution in [-0.2, 0) is 17.1 Å². The molecular weight excluding hydrogens is 324 g/mol. The van der Waals surface area contributed by atoms with E-state index in [9.17, 15) is 13.5 Å². The van der Waals surface area contributed by atoms with Gasteiger partial charge in [-0.1, -0.05) is 12.1 Å². The van der Waals surface area contributed by atoms with E-state index in [1.54, 1.807) is 0 Å². The number of aliphatic hydroxyl groups is 1. The molecule has 1 aromatic heterocycles. The molecule has 1 fully saturated rings. The lowest BCUT2D eigenvalue weighted by Gasteiger charge is -2.33. The van der Waals surface area contributed by atoms with Gasteiger partial charge in [-0.3, -0.25) is 0 Å². The lowest BCUT2D eigenvalue weighted by atomic mass is 9.99. The van der Waals surface area contributed by atoms with Gasteiger partial charge in [0, 0.05) is 20.1 Å². The van der Waals surface area contributed by atoms with Gasteiger partial charge in [-0.25, -0.2) is 13.1 Å². The van der Waals surface area contributed by atoms with E-state index < -0.39 is 16.1 Å². The summed E-state index contributed by atoms with van der Waals surface area (Å²) in [6, 6.07) is 0. The minimum absolute atomic E-state index is 0.0473. The molecule has 1 N–H and O–H groups in total. The molecule has 9 heteroatoms. The fourth-order valence-electron chi connectivity index (χ4n) is 2.03. The fraction of sp³-hybridized carbons (Fsp3) is 0.778. The summed E-state index contributed by atoms with van der Waals surface area (Å²) in [7, 11) is -2.09. The molecule has 2 unspecified atom stereocenters. The van der Waals surface area contributed by atoms with Gasteiger partial charge in [-0.15, -0.1) is 5.10 Å². The van der Waals surface area contributed by atoms with Gasteiger partial charge in [-0.05, 0) is 28.3 Å². The lowest BCUT2D eigenvalue weighted by Crippen LogP contribution is -2.45. The molecule has 2 atom stereocenters. The maximum Gasteiger partial charge on any atom is 0.263 e. The van der Waals surface area contributed by atoms with E-state index in [-0.39, 0.29) is 15.5 Å². The van der Waals surface area contributed by atoms with Gasteiger partial charge in [0.15, 0.2) is 4.60 Å². The molecule has 0 saturated carbocycles. The molecule has 102 valence electrons. The molecule has 18 heavy (non-hydrogen) atoms. The summed E-state index contributed by atoms with van der Waals surface area (Å²) in [5.74, 6) is -0.0755. The van der Waals surface area contributed by atoms with Crippen LogP contribution >= 0.6 is 15.9 Å². The third kappa shape index (κ3) is 2.31. The number of aryl methyl sites for hydroxylation is 1. The number of rotatable bonds is 2. The zero-order chi connectivity index (χ0) is 13.5. The van der Waals surface area contributed by atoms with Gasteiger partial charge >= 0.3 is 0 Å². The van der Waals surface area contributed by atoms with Crippen molar-refractivity contribution in [3.8, 4) is 0 Å². The van der Waals surface area contributed by atoms with Crippen molar-refractivity contribution in [3.05, 3.63) is 4.60 Å². The van der Waals surface area contributed by atoms with Crippen molar-refractivity contribution in [1.82, 2.24) is 19.3 Å². The van der Waals surface area contributed by atoms with E-state index in [4.69, 9.17) is 0 Å². The molecule has 0 radical (unpaired) electrons. The predicted molar refractivity (Wildman–Crippen MR) is 67.2 cm³/mol. The highest BCUT2D eigenvalue weighted by molar-refractivity contribution is 9.10. The monoisotopic (exact) mass is 338 g/mol. The zero-order valence-electron chi connectivity index (χ0n) is 10.1. The van der Waals surface area contributed by atoms with Crippen molar-refractivity contribution in [3.63, 3.8) is 0 Å². The molecule has 2 heterocycles. The maximum atomic E-state index is 12.5. The summed E-state index contributed by atoms with van der Waals surface area (Å²) < 4.78 is 27.7. The van der Waals surface area contributed by atoms with Crippen LogP contribution in [0.15, 0.2) is 9.63 Å². The van der Waals surface area contributed by atoms with Crippen molar-refractivity contribution in [2.75, 3.05) is 13.1 Å². The Morgan fingerprint density at radius 2 is 2.17 bits per heavy atom. The number of piperidine rings is 1. The van der Waals surface area contributed by atoms with Crippen molar-refractivity contribution in [1.29, 1.82) is 0 Å². The number of nitrogens with zero attached hydrogens (tertiary/aromatic N) is 4. The van der Waals surface area contributed by atoms with Crippen LogP contribution in [0, 0.1) is 5.92 Å². The van der Waals surface area contributed by atoms with E-state index in [1.807, 2.05) is 6.92 Å². The predicted octanol–water partition coefficient (Wildman–Crippen LogP) is -0.0310. The van der Waals surface area contributed by atoms with E-state index in [0.717, 1.165) is 0 Å². The molecule has 0 amide bonds. The second kappa shape index (κ2) is 4.87. The number of halogens is 1. The number of hydrogen-bond acceptors (Lipinski definition) is 5. The SMILES string of the molecule is CC1CN(S(=O)(=O)c2c(Br)nnn2C)CCC1O. The molecule has 7 nitrogen and oxygen atoms in total. The molecule has 2 rings (SSSR count). The second-order valence-corrected chi connectivity index (χ2v) is 7.11. The van der Waals surface area contributed by atoms with Gasteiger partial charge in [0.2, 0.25) is 5.03 Å². The first-order valence-electron chi connectivity index (χ1n) is 5.57. The molecule has 0 aromatic carbocycles. The van der Waals surface area contributed by atoms with Crippen molar-refractivity contribution in [2.24, 2.45) is 13.0 Å². The third-order valence-electron chi connectivity index (χ3n) is 3.14. The first kappa shape index (κ1) is 13.9. The summed E-state index contributed by atoms with van der Waals surface area (Å²) in [6.45, 7) is 2.45. The number of aliphatic hydroxyl groups excluding tert-OH is 1. The van der Waals surface area contributed by atoms with Crippen LogP contribution in [0.25, 0.3) is 0 Å². The van der Waals surface area contributed by atoms with Crippen molar-refractivity contribution >= 4 is 26.0 Å². The first-order chi connectivity index (χ1) is 8.34. The minimum Gasteiger partial charge on any atom is -0.393 e. The Morgan fingerprint density at radius 3 is 2.67 bits per heavy atom. The van der Waals surface area contributed by atoms with Crippen molar-refractivity contribution < 1.29 is 13.5 Å². The van der Waals surface area contributed by atoms with Crippen LogP contribution < -0.4 is 0 Å². The first-order valence-corrected chi connectivity index (χ1v) is 7.80. The molecule has 1 aliphatic heterocycles. The Bertz CT molecular complexity index is 525. The zero-order valence-corrected chi connectivity index (χ0v) is 12.5. The Hall–Kier alpha value is -0.510. The number of hydrogen-bond donors (Lipinski definition) is 1. The second-order valence-electron chi connectivity index (χ2n) is 4.51. The Kier molecular flexibility index (Phi) is 3.77. The average molecular weight is 339 g/mol. The lowest BCUT2D eigenvalue weighted by molar-refractivity contribution is 0.0627. The molecule has 1 aliphatic rings. The topological polar surface area (TPSA) is 88.3 Å². The van der Waals surface area contributed by atoms with Gasteiger partial charge in [0.25, 0.3) is 10.0 Å². The van der Waals surface area contributed by atoms with Crippen LogP contribution in [0.4, 0.5) is 0 Å². The quantitative estimate of drug-likeness (QED) is 0.817. The fourth-order valence-corrected chi connectivity index (χ4v) is 4.62. The Labute approximate surface area is 114 Å². The van der Waals surface area contributed by atoms with Gasteiger partial charge in [0.05, 0.1) is 6.10 Å². The highest BCUT2D eigenvalue weighted by Crippen LogP contribution is 2.26. The maximum absolute atomic E-state index is 12.5. The third-order valence-corrected chi connectivity index (χ3v) is 5.90. The number of aromatic nitrogens is 3. The van der Waals surface area contributed by atoms with Crippen LogP contribution in [-0.4, -0.2) is 52.0 Å². The highest BCUT2D eigenvalue weighted by atomic mass is 79.9. The van der Waals surface area contributed by atoms with E-state index in [0.29, 0.717) is 19.5 Å². The summed E-state index contributed by atoms with van der Waals surface area (Å²) in [6.07, 6.45) is 0.00749. The minimum atomic E-state index is -3.62. The molecule has 1 saturated heterocycles. The van der Waals surface area contributed by atoms with Crippen LogP contribution in [0.5, 0.6) is 0 Å². The molecular formula is C9H15BrN4O3S. The van der Waals surface area contributed by atoms with E-state index >= 15 is 0 Å². The standard InChI is InChI=1S/C9H15BrN4O3S/c1-6-5-14(4-3-7(6)15)18(16,17)9-8(10)11-12-13(9)2/h6-7,15H,3-5H2,1-2H3. The summed E-state index contributed by atoms with van der Waals surface area (Å²) in [5, 5.41) is 17.0. The van der Waals surface area contributed by atoms with Crippen LogP contribution in [0.3, 0.4) is 0 Å². The summed E-state index contributed by atoms with van der Waals surface area (Å²) in [5.41, 5.74) is 0. The van der Waals surface area contributed by atoms with Gasteiger partial charge in [-0.2, -0.15) is 4.31 Å². The highest BCUT2D eigenvalue weighted by Gasteiger charge is 2.36. The number of sulfonamides is 1. The van der Waals surface area contributed by atoms with Crippen LogP contribution in [0.2, 0.25) is 0 Å². The smallest absolute Gasteiger partial charge is 0.263 e. The van der Waals surface area contributed by atoms with Gasteiger partial charge < -0.3 is 5.11 Å². The van der Waals surface area contributed by atoms with E-state index in [2.05, 4.69) is 26.2 Å². The van der Waals surface area contributed by atoms with Crippen molar-refractivity contribution in [2.45, 2.75) is 24.5 Å². The van der Waals surface area contributed by atoms with Gasteiger partial charge in [0.1, 0.15) is 0 Å². The van der Waals surface area contributed by atoms with Crippen LogP contribution in [0.1, 0.15) is 13.3 Å². The molecule has 1 aromatic rings. The normalized spacial score (nSPS) is 26.4. The largest absolute Gasteiger partial charge is 0.393 e. The molecule has 0 bridgehead atoms. The summed E-state index contributed by atoms with van der Waals surface area (Å²) in [4.78, 5) is 0.